The van der Waals surface area contributed by atoms with Crippen LogP contribution < -0.4 is 0 Å². The van der Waals surface area contributed by atoms with E-state index in [-0.39, 0.29) is 12.3 Å². The van der Waals surface area contributed by atoms with Crippen molar-refractivity contribution in [1.82, 2.24) is 0 Å². The van der Waals surface area contributed by atoms with E-state index < -0.39 is 51.3 Å². The van der Waals surface area contributed by atoms with Gasteiger partial charge < -0.3 is 10.2 Å². The number of alkyl halides is 6. The lowest BCUT2D eigenvalue weighted by Gasteiger charge is -2.34. The summed E-state index contributed by atoms with van der Waals surface area (Å²) in [5, 5.41) is 16.6. The molecule has 2 atom stereocenters. The number of nitrogens with zero attached hydrogens (tertiary/aromatic N) is 1. The average molecular weight is 393 g/mol. The van der Waals surface area contributed by atoms with Crippen molar-refractivity contribution in [1.29, 1.82) is 0 Å². The number of thiocarbonyl (C=S) groups is 2. The van der Waals surface area contributed by atoms with Crippen molar-refractivity contribution < 1.29 is 36.6 Å². The maximum atomic E-state index is 13.2. The van der Waals surface area contributed by atoms with Gasteiger partial charge in [-0.2, -0.15) is 26.3 Å². The third-order valence-electron chi connectivity index (χ3n) is 3.23. The first-order valence-corrected chi connectivity index (χ1v) is 7.40. The molecule has 0 aromatic carbocycles. The van der Waals surface area contributed by atoms with E-state index in [1.807, 2.05) is 0 Å². The molecule has 0 amide bonds. The normalized spacial score (nSPS) is 22.6. The molecule has 0 spiro atoms. The van der Waals surface area contributed by atoms with Gasteiger partial charge in [-0.1, -0.05) is 13.8 Å². The standard InChI is InChI=1S/C13H13F6NO2S2/c1-4(2)3-5-6(10(21)23)8(12(14,15)16)20-9(13(17,18)19)7(5)11(22)24/h4,6,8H,3H2,1-2H3,(H,21,23)(H,22,24). The van der Waals surface area contributed by atoms with Gasteiger partial charge in [0.25, 0.3) is 0 Å². The highest BCUT2D eigenvalue weighted by atomic mass is 32.1. The first-order chi connectivity index (χ1) is 10.7. The van der Waals surface area contributed by atoms with Crippen molar-refractivity contribution in [3.8, 4) is 0 Å². The van der Waals surface area contributed by atoms with Crippen molar-refractivity contribution in [3.05, 3.63) is 11.1 Å². The van der Waals surface area contributed by atoms with Crippen LogP contribution in [-0.4, -0.2) is 44.4 Å². The predicted molar refractivity (Wildman–Crippen MR) is 83.8 cm³/mol. The highest BCUT2D eigenvalue weighted by molar-refractivity contribution is 7.80. The lowest BCUT2D eigenvalue weighted by atomic mass is 9.79. The van der Waals surface area contributed by atoms with Gasteiger partial charge in [0, 0.05) is 0 Å². The maximum Gasteiger partial charge on any atom is 0.433 e. The number of hydrogen-bond acceptors (Lipinski definition) is 3. The van der Waals surface area contributed by atoms with E-state index in [0.29, 0.717) is 0 Å². The Hall–Kier alpha value is -1.23. The van der Waals surface area contributed by atoms with Crippen molar-refractivity contribution in [3.63, 3.8) is 0 Å². The first-order valence-electron chi connectivity index (χ1n) is 6.59. The molecule has 0 saturated carbocycles. The molecule has 11 heteroatoms. The fraction of sp³-hybridized carbons (Fsp3) is 0.615. The summed E-state index contributed by atoms with van der Waals surface area (Å²) in [4.78, 5) is 2.70. The summed E-state index contributed by atoms with van der Waals surface area (Å²) in [5.41, 5.74) is -3.46. The Morgan fingerprint density at radius 3 is 1.92 bits per heavy atom. The number of aliphatic hydroxyl groups is 2. The Morgan fingerprint density at radius 1 is 1.12 bits per heavy atom. The van der Waals surface area contributed by atoms with Crippen LogP contribution in [0.5, 0.6) is 0 Å². The van der Waals surface area contributed by atoms with E-state index in [2.05, 4.69) is 29.4 Å². The average Bonchev–Trinajstić information content (AvgIpc) is 2.33. The van der Waals surface area contributed by atoms with Gasteiger partial charge in [0.2, 0.25) is 0 Å². The topological polar surface area (TPSA) is 52.8 Å². The van der Waals surface area contributed by atoms with Crippen LogP contribution in [-0.2, 0) is 0 Å². The number of halogens is 6. The van der Waals surface area contributed by atoms with Gasteiger partial charge in [0.1, 0.15) is 0 Å². The Labute approximate surface area is 144 Å². The smallest absolute Gasteiger partial charge is 0.433 e. The van der Waals surface area contributed by atoms with E-state index in [1.165, 1.54) is 0 Å². The van der Waals surface area contributed by atoms with Crippen molar-refractivity contribution in [2.45, 2.75) is 38.7 Å². The van der Waals surface area contributed by atoms with Crippen LogP contribution in [0.2, 0.25) is 0 Å². The predicted octanol–water partition coefficient (Wildman–Crippen LogP) is 4.66. The molecule has 0 aromatic rings. The molecule has 0 bridgehead atoms. The molecule has 2 unspecified atom stereocenters. The van der Waals surface area contributed by atoms with Gasteiger partial charge in [-0.25, -0.2) is 0 Å². The van der Waals surface area contributed by atoms with Crippen molar-refractivity contribution in [2.75, 3.05) is 0 Å². The minimum atomic E-state index is -5.27. The number of dihydropyridines is 1. The van der Waals surface area contributed by atoms with E-state index in [4.69, 9.17) is 0 Å². The third-order valence-corrected chi connectivity index (χ3v) is 3.69. The second-order valence-electron chi connectivity index (χ2n) is 5.58. The monoisotopic (exact) mass is 393 g/mol. The van der Waals surface area contributed by atoms with Crippen LogP contribution >= 0.6 is 24.4 Å². The summed E-state index contributed by atoms with van der Waals surface area (Å²) in [5.74, 6) is -2.41. The second kappa shape index (κ2) is 6.95. The minimum absolute atomic E-state index is 0.289. The Bertz CT molecular complexity index is 607. The highest BCUT2D eigenvalue weighted by Crippen LogP contribution is 2.42. The van der Waals surface area contributed by atoms with Crippen LogP contribution in [0.1, 0.15) is 20.3 Å². The molecule has 1 heterocycles. The molecule has 1 rings (SSSR count). The Kier molecular flexibility index (Phi) is 6.02. The molecule has 1 aliphatic heterocycles. The zero-order valence-electron chi connectivity index (χ0n) is 12.4. The van der Waals surface area contributed by atoms with Gasteiger partial charge in [0.15, 0.2) is 21.9 Å². The zero-order chi connectivity index (χ0) is 19.0. The first kappa shape index (κ1) is 20.8. The van der Waals surface area contributed by atoms with Crippen LogP contribution in [0.3, 0.4) is 0 Å². The molecule has 0 fully saturated rings. The largest absolute Gasteiger partial charge is 0.501 e. The molecule has 136 valence electrons. The van der Waals surface area contributed by atoms with Gasteiger partial charge in [0.05, 0.1) is 11.5 Å². The summed E-state index contributed by atoms with van der Waals surface area (Å²) in [6, 6.07) is -2.90. The van der Waals surface area contributed by atoms with E-state index in [1.54, 1.807) is 13.8 Å². The van der Waals surface area contributed by atoms with E-state index in [0.717, 1.165) is 0 Å². The van der Waals surface area contributed by atoms with E-state index in [9.17, 15) is 36.6 Å². The number of rotatable bonds is 4. The Balaban J connectivity index is 3.78. The third kappa shape index (κ3) is 4.44. The SMILES string of the molecule is CC(C)CC1=C(C(O)=S)C(C(F)(F)F)=NC(C(F)(F)F)C1C(O)=S. The Morgan fingerprint density at radius 2 is 1.62 bits per heavy atom. The molecule has 2 N–H and O–H groups in total. The fourth-order valence-electron chi connectivity index (χ4n) is 2.45. The van der Waals surface area contributed by atoms with Gasteiger partial charge >= 0.3 is 12.4 Å². The summed E-state index contributed by atoms with van der Waals surface area (Å²) in [7, 11) is 0. The van der Waals surface area contributed by atoms with Crippen LogP contribution in [0, 0.1) is 11.8 Å². The molecule has 0 aliphatic carbocycles. The molecule has 24 heavy (non-hydrogen) atoms. The zero-order valence-corrected chi connectivity index (χ0v) is 14.0. The van der Waals surface area contributed by atoms with E-state index >= 15 is 0 Å². The minimum Gasteiger partial charge on any atom is -0.501 e. The van der Waals surface area contributed by atoms with Gasteiger partial charge in [-0.15, -0.1) is 0 Å². The van der Waals surface area contributed by atoms with Crippen LogP contribution in [0.25, 0.3) is 0 Å². The van der Waals surface area contributed by atoms with Gasteiger partial charge in [-0.05, 0) is 42.3 Å². The summed E-state index contributed by atoms with van der Waals surface area (Å²) < 4.78 is 79.0. The fourth-order valence-corrected chi connectivity index (χ4v) is 2.94. The molecule has 3 nitrogen and oxygen atoms in total. The van der Waals surface area contributed by atoms with Crippen LogP contribution in [0.4, 0.5) is 26.3 Å². The van der Waals surface area contributed by atoms with Crippen LogP contribution in [0.15, 0.2) is 16.1 Å². The maximum absolute atomic E-state index is 13.2. The number of aliphatic hydroxyl groups excluding tert-OH is 2. The number of aliphatic imine (C=N–C) groups is 1. The second-order valence-corrected chi connectivity index (χ2v) is 6.39. The molecule has 0 saturated heterocycles. The summed E-state index contributed by atoms with van der Waals surface area (Å²) in [6.07, 6.45) is -10.7. The number of hydrogen-bond donors (Lipinski definition) is 2. The highest BCUT2D eigenvalue weighted by Gasteiger charge is 2.54. The molecular weight excluding hydrogens is 380 g/mol. The van der Waals surface area contributed by atoms with Crippen molar-refractivity contribution in [2.24, 2.45) is 16.8 Å². The van der Waals surface area contributed by atoms with Crippen molar-refractivity contribution >= 4 is 40.2 Å². The molecular formula is C13H13F6NO2S2. The van der Waals surface area contributed by atoms with Gasteiger partial charge in [-0.3, -0.25) is 4.99 Å². The summed E-state index contributed by atoms with van der Waals surface area (Å²) in [6.45, 7) is 3.09. The lowest BCUT2D eigenvalue weighted by molar-refractivity contribution is -0.153. The molecule has 0 aromatic heterocycles. The molecule has 1 aliphatic rings. The summed E-state index contributed by atoms with van der Waals surface area (Å²) >= 11 is 8.78. The lowest BCUT2D eigenvalue weighted by Crippen LogP contribution is -2.46. The quantitative estimate of drug-likeness (QED) is 0.539. The molecule has 0 radical (unpaired) electrons.